The monoisotopic (exact) mass is 519 g/mol. The molecule has 6 rings (SSSR count). The number of hydrogen-bond acceptors (Lipinski definition) is 6. The predicted molar refractivity (Wildman–Crippen MR) is 140 cm³/mol. The molecule has 2 N–H and O–H groups in total. The summed E-state index contributed by atoms with van der Waals surface area (Å²) in [4.78, 5) is 13.4. The van der Waals surface area contributed by atoms with E-state index in [9.17, 15) is 4.39 Å². The fraction of sp³-hybridized carbons (Fsp3) is 0.276. The van der Waals surface area contributed by atoms with Gasteiger partial charge in [0.15, 0.2) is 5.82 Å². The van der Waals surface area contributed by atoms with Crippen molar-refractivity contribution in [1.82, 2.24) is 14.8 Å². The quantitative estimate of drug-likeness (QED) is 0.361. The third-order valence-corrected chi connectivity index (χ3v) is 6.19. The lowest BCUT2D eigenvalue weighted by atomic mass is 10.1. The lowest BCUT2D eigenvalue weighted by molar-refractivity contribution is -0.134. The van der Waals surface area contributed by atoms with Crippen molar-refractivity contribution in [1.29, 1.82) is 0 Å². The van der Waals surface area contributed by atoms with E-state index in [1.807, 2.05) is 44.3 Å². The Morgan fingerprint density at radius 2 is 1.76 bits per heavy atom. The number of ether oxygens (including phenoxy) is 2. The third-order valence-electron chi connectivity index (χ3n) is 6.19. The van der Waals surface area contributed by atoms with Crippen molar-refractivity contribution in [2.45, 2.75) is 39.5 Å². The zero-order valence-electron chi connectivity index (χ0n) is 21.6. The van der Waals surface area contributed by atoms with E-state index in [0.29, 0.717) is 5.82 Å². The number of aryl methyl sites for hydroxylation is 2. The Labute approximate surface area is 220 Å². The summed E-state index contributed by atoms with van der Waals surface area (Å²) in [6, 6.07) is 16.1. The highest BCUT2D eigenvalue weighted by Gasteiger charge is 2.20. The minimum absolute atomic E-state index is 0.123. The molecule has 2 heterocycles. The highest BCUT2D eigenvalue weighted by Crippen LogP contribution is 2.35. The first-order valence-corrected chi connectivity index (χ1v) is 12.3. The number of halogens is 1. The summed E-state index contributed by atoms with van der Waals surface area (Å²) in [6.45, 7) is 3.75. The topological polar surface area (TPSA) is 107 Å². The zero-order valence-corrected chi connectivity index (χ0v) is 21.6. The van der Waals surface area contributed by atoms with Gasteiger partial charge in [-0.15, -0.1) is 0 Å². The van der Waals surface area contributed by atoms with Crippen molar-refractivity contribution >= 4 is 5.97 Å². The highest BCUT2D eigenvalue weighted by atomic mass is 19.1. The van der Waals surface area contributed by atoms with Gasteiger partial charge in [-0.3, -0.25) is 9.48 Å². The average Bonchev–Trinajstić information content (AvgIpc) is 3.62. The van der Waals surface area contributed by atoms with Crippen LogP contribution in [0.3, 0.4) is 0 Å². The molecule has 38 heavy (non-hydrogen) atoms. The van der Waals surface area contributed by atoms with Crippen molar-refractivity contribution in [3.8, 4) is 34.4 Å². The summed E-state index contributed by atoms with van der Waals surface area (Å²) >= 11 is 0. The molecule has 0 radical (unpaired) electrons. The summed E-state index contributed by atoms with van der Waals surface area (Å²) < 4.78 is 26.8. The van der Waals surface area contributed by atoms with Crippen LogP contribution in [-0.2, 0) is 31.1 Å². The van der Waals surface area contributed by atoms with E-state index in [1.54, 1.807) is 22.9 Å². The smallest absolute Gasteiger partial charge is 0.300 e. The van der Waals surface area contributed by atoms with Crippen LogP contribution in [-0.4, -0.2) is 37.6 Å². The van der Waals surface area contributed by atoms with Crippen LogP contribution in [0.15, 0.2) is 54.6 Å². The van der Waals surface area contributed by atoms with Crippen molar-refractivity contribution < 1.29 is 28.9 Å². The highest BCUT2D eigenvalue weighted by molar-refractivity contribution is 5.63. The van der Waals surface area contributed by atoms with Gasteiger partial charge in [-0.25, -0.2) is 9.37 Å². The number of carboxylic acids is 1. The minimum atomic E-state index is -0.833. The van der Waals surface area contributed by atoms with Gasteiger partial charge >= 0.3 is 0 Å². The number of carbonyl (C=O) groups is 1. The minimum Gasteiger partial charge on any atom is -0.508 e. The van der Waals surface area contributed by atoms with Crippen LogP contribution >= 0.6 is 0 Å². The SMILES string of the molecule is CC(=O)O.Cc1nc(-c2ccc(Oc3ccc(F)c4c3CCC4)cc2)nn1C.Oc1ccc2c(c1)OCC2. The molecule has 0 unspecified atom stereocenters. The number of nitrogens with zero attached hydrogens (tertiary/aromatic N) is 3. The summed E-state index contributed by atoms with van der Waals surface area (Å²) in [6.07, 6.45) is 3.62. The Hall–Kier alpha value is -4.40. The van der Waals surface area contributed by atoms with Crippen LogP contribution in [0.4, 0.5) is 4.39 Å². The van der Waals surface area contributed by atoms with Crippen molar-refractivity contribution in [2.24, 2.45) is 7.05 Å². The molecule has 2 aliphatic rings. The van der Waals surface area contributed by atoms with Gasteiger partial charge in [-0.2, -0.15) is 5.10 Å². The van der Waals surface area contributed by atoms with Crippen LogP contribution in [0.25, 0.3) is 11.4 Å². The summed E-state index contributed by atoms with van der Waals surface area (Å²) in [5.74, 6) is 3.20. The maximum atomic E-state index is 13.8. The molecule has 198 valence electrons. The Morgan fingerprint density at radius 3 is 2.45 bits per heavy atom. The van der Waals surface area contributed by atoms with Gasteiger partial charge < -0.3 is 19.7 Å². The number of phenols is 1. The molecule has 1 aliphatic carbocycles. The van der Waals surface area contributed by atoms with Gasteiger partial charge in [-0.1, -0.05) is 6.07 Å². The number of aromatic hydroxyl groups is 1. The Balaban J connectivity index is 0.000000198. The number of rotatable bonds is 3. The molecule has 3 aromatic carbocycles. The van der Waals surface area contributed by atoms with Crippen LogP contribution < -0.4 is 9.47 Å². The number of hydrogen-bond donors (Lipinski definition) is 2. The van der Waals surface area contributed by atoms with Gasteiger partial charge in [0.05, 0.1) is 6.61 Å². The maximum absolute atomic E-state index is 13.8. The van der Waals surface area contributed by atoms with Crippen LogP contribution in [0, 0.1) is 12.7 Å². The van der Waals surface area contributed by atoms with Crippen LogP contribution in [0.5, 0.6) is 23.0 Å². The van der Waals surface area contributed by atoms with Crippen molar-refractivity contribution in [2.75, 3.05) is 6.61 Å². The molecule has 0 amide bonds. The number of benzene rings is 3. The molecule has 0 bridgehead atoms. The molecule has 0 saturated carbocycles. The van der Waals surface area contributed by atoms with E-state index in [1.165, 1.54) is 11.6 Å². The largest absolute Gasteiger partial charge is 0.508 e. The van der Waals surface area contributed by atoms with E-state index in [0.717, 1.165) is 79.0 Å². The number of carboxylic acid groups (broad SMARTS) is 1. The first-order valence-electron chi connectivity index (χ1n) is 12.3. The fourth-order valence-corrected chi connectivity index (χ4v) is 4.26. The number of fused-ring (bicyclic) bond motifs is 2. The van der Waals surface area contributed by atoms with Crippen molar-refractivity contribution in [3.05, 3.63) is 82.9 Å². The number of aromatic nitrogens is 3. The Morgan fingerprint density at radius 1 is 1.05 bits per heavy atom. The summed E-state index contributed by atoms with van der Waals surface area (Å²) in [5.41, 5.74) is 3.94. The molecule has 8 nitrogen and oxygen atoms in total. The van der Waals surface area contributed by atoms with Gasteiger partial charge in [0.1, 0.15) is 34.6 Å². The van der Waals surface area contributed by atoms with Gasteiger partial charge in [-0.05, 0) is 79.8 Å². The number of phenolic OH excluding ortho intramolecular Hbond substituents is 1. The Kier molecular flexibility index (Phi) is 8.25. The first kappa shape index (κ1) is 26.7. The zero-order chi connectivity index (χ0) is 27.2. The lowest BCUT2D eigenvalue weighted by Gasteiger charge is -2.11. The van der Waals surface area contributed by atoms with E-state index in [-0.39, 0.29) is 11.6 Å². The molecule has 0 fully saturated rings. The lowest BCUT2D eigenvalue weighted by Crippen LogP contribution is -1.94. The third kappa shape index (κ3) is 6.47. The second kappa shape index (κ2) is 11.8. The summed E-state index contributed by atoms with van der Waals surface area (Å²) in [5, 5.41) is 20.8. The molecule has 4 aromatic rings. The summed E-state index contributed by atoms with van der Waals surface area (Å²) in [7, 11) is 1.87. The standard InChI is InChI=1S/C19H18FN3O.C8H8O2.C2H4O2/c1-12-21-19(22-23(12)2)13-6-8-14(9-7-13)24-18-11-10-17(20)15-4-3-5-16(15)18;9-7-2-1-6-3-4-10-8(6)5-7;1-2(3)4/h6-11H,3-5H2,1-2H3;1-2,5,9H,3-4H2;1H3,(H,3,4). The molecule has 0 atom stereocenters. The van der Waals surface area contributed by atoms with Crippen molar-refractivity contribution in [3.63, 3.8) is 0 Å². The van der Waals surface area contributed by atoms with E-state index < -0.39 is 5.97 Å². The van der Waals surface area contributed by atoms with Gasteiger partial charge in [0.25, 0.3) is 5.97 Å². The Bertz CT molecular complexity index is 1410. The van der Waals surface area contributed by atoms with Crippen LogP contribution in [0.1, 0.15) is 35.9 Å². The van der Waals surface area contributed by atoms with Crippen LogP contribution in [0.2, 0.25) is 0 Å². The second-order valence-corrected chi connectivity index (χ2v) is 9.00. The van der Waals surface area contributed by atoms with Gasteiger partial charge in [0.2, 0.25) is 0 Å². The molecule has 9 heteroatoms. The second-order valence-electron chi connectivity index (χ2n) is 9.00. The molecule has 0 spiro atoms. The fourth-order valence-electron chi connectivity index (χ4n) is 4.26. The molecule has 0 saturated heterocycles. The van der Waals surface area contributed by atoms with E-state index >= 15 is 0 Å². The van der Waals surface area contributed by atoms with E-state index in [2.05, 4.69) is 10.1 Å². The average molecular weight is 520 g/mol. The van der Waals surface area contributed by atoms with E-state index in [4.69, 9.17) is 24.5 Å². The normalized spacial score (nSPS) is 12.7. The number of aliphatic carboxylic acids is 1. The molecule has 1 aromatic heterocycles. The van der Waals surface area contributed by atoms with Gasteiger partial charge in [0, 0.05) is 37.6 Å². The maximum Gasteiger partial charge on any atom is 0.300 e. The molecular formula is C29H30FN3O5. The predicted octanol–water partition coefficient (Wildman–Crippen LogP) is 5.63. The first-order chi connectivity index (χ1) is 18.2. The molecular weight excluding hydrogens is 489 g/mol. The molecule has 1 aliphatic heterocycles.